The molecule has 1 aromatic carbocycles. The molecule has 1 aromatic rings. The summed E-state index contributed by atoms with van der Waals surface area (Å²) in [6.07, 6.45) is 6.03. The second-order valence-corrected chi connectivity index (χ2v) is 5.20. The van der Waals surface area contributed by atoms with Gasteiger partial charge in [-0.15, -0.1) is 0 Å². The van der Waals surface area contributed by atoms with Gasteiger partial charge in [0.25, 0.3) is 0 Å². The molecule has 1 aliphatic rings. The Balaban J connectivity index is 2.08. The van der Waals surface area contributed by atoms with E-state index in [0.29, 0.717) is 11.8 Å². The number of methoxy groups -OCH3 is 3. The van der Waals surface area contributed by atoms with E-state index in [0.717, 1.165) is 30.9 Å². The van der Waals surface area contributed by atoms with E-state index >= 15 is 0 Å². The molecule has 0 bridgehead atoms. The van der Waals surface area contributed by atoms with Gasteiger partial charge in [-0.05, 0) is 43.9 Å². The summed E-state index contributed by atoms with van der Waals surface area (Å²) < 4.78 is 16.2. The molecular weight excluding hydrogens is 254 g/mol. The Morgan fingerprint density at radius 1 is 1.00 bits per heavy atom. The van der Waals surface area contributed by atoms with E-state index in [-0.39, 0.29) is 0 Å². The second-order valence-electron chi connectivity index (χ2n) is 5.20. The average molecular weight is 279 g/mol. The lowest BCUT2D eigenvalue weighted by atomic mass is 9.97. The van der Waals surface area contributed by atoms with Crippen molar-refractivity contribution in [2.24, 2.45) is 0 Å². The Hall–Kier alpha value is -1.42. The third-order valence-corrected chi connectivity index (χ3v) is 3.96. The number of benzene rings is 1. The zero-order valence-corrected chi connectivity index (χ0v) is 12.7. The molecule has 4 nitrogen and oxygen atoms in total. The lowest BCUT2D eigenvalue weighted by molar-refractivity contribution is 0.345. The maximum atomic E-state index is 5.47. The largest absolute Gasteiger partial charge is 0.496 e. The van der Waals surface area contributed by atoms with Crippen LogP contribution in [0.3, 0.4) is 0 Å². The van der Waals surface area contributed by atoms with Crippen molar-refractivity contribution in [3.63, 3.8) is 0 Å². The predicted octanol–water partition coefficient (Wildman–Crippen LogP) is 2.79. The van der Waals surface area contributed by atoms with Crippen molar-refractivity contribution in [1.29, 1.82) is 0 Å². The van der Waals surface area contributed by atoms with Crippen LogP contribution < -0.4 is 19.5 Å². The number of aryl methyl sites for hydroxylation is 1. The van der Waals surface area contributed by atoms with E-state index in [1.165, 1.54) is 24.8 Å². The zero-order chi connectivity index (χ0) is 14.4. The number of nitrogens with one attached hydrogen (secondary N) is 1. The minimum absolute atomic E-state index is 0.626. The van der Waals surface area contributed by atoms with E-state index in [1.807, 2.05) is 12.1 Å². The van der Waals surface area contributed by atoms with Crippen LogP contribution in [0.25, 0.3) is 0 Å². The smallest absolute Gasteiger partial charge is 0.164 e. The Bertz CT molecular complexity index is 428. The topological polar surface area (TPSA) is 39.7 Å². The van der Waals surface area contributed by atoms with Crippen molar-refractivity contribution in [2.75, 3.05) is 27.9 Å². The molecule has 2 rings (SSSR count). The third-order valence-electron chi connectivity index (χ3n) is 3.96. The molecule has 1 fully saturated rings. The molecule has 1 heterocycles. The van der Waals surface area contributed by atoms with E-state index in [4.69, 9.17) is 14.2 Å². The molecule has 0 aliphatic carbocycles. The Kier molecular flexibility index (Phi) is 5.53. The molecular formula is C16H25NO3. The van der Waals surface area contributed by atoms with Crippen molar-refractivity contribution < 1.29 is 14.2 Å². The van der Waals surface area contributed by atoms with Gasteiger partial charge in [0, 0.05) is 12.1 Å². The minimum Gasteiger partial charge on any atom is -0.496 e. The van der Waals surface area contributed by atoms with Crippen LogP contribution in [0.15, 0.2) is 12.1 Å². The van der Waals surface area contributed by atoms with Gasteiger partial charge in [0.2, 0.25) is 0 Å². The Morgan fingerprint density at radius 2 is 1.70 bits per heavy atom. The molecule has 0 aromatic heterocycles. The van der Waals surface area contributed by atoms with Gasteiger partial charge in [-0.3, -0.25) is 0 Å². The molecule has 0 saturated carbocycles. The normalized spacial score (nSPS) is 18.6. The van der Waals surface area contributed by atoms with Gasteiger partial charge in [-0.1, -0.05) is 6.42 Å². The number of piperidine rings is 1. The summed E-state index contributed by atoms with van der Waals surface area (Å²) in [7, 11) is 5.00. The summed E-state index contributed by atoms with van der Waals surface area (Å²) in [5.74, 6) is 2.35. The lowest BCUT2D eigenvalue weighted by Gasteiger charge is -2.23. The maximum absolute atomic E-state index is 5.47. The first-order valence-electron chi connectivity index (χ1n) is 7.30. The predicted molar refractivity (Wildman–Crippen MR) is 80.1 cm³/mol. The highest BCUT2D eigenvalue weighted by Gasteiger charge is 2.16. The summed E-state index contributed by atoms with van der Waals surface area (Å²) in [6, 6.07) is 4.56. The first-order chi connectivity index (χ1) is 9.78. The summed E-state index contributed by atoms with van der Waals surface area (Å²) >= 11 is 0. The van der Waals surface area contributed by atoms with Crippen LogP contribution in [0.2, 0.25) is 0 Å². The van der Waals surface area contributed by atoms with Crippen LogP contribution in [-0.2, 0) is 6.42 Å². The first kappa shape index (κ1) is 15.0. The summed E-state index contributed by atoms with van der Waals surface area (Å²) in [5.41, 5.74) is 1.18. The standard InChI is InChI=1S/C16H25NO3/c1-18-14-11-16(20-3)15(19-2)10-12(14)7-8-13-6-4-5-9-17-13/h10-11,13,17H,4-9H2,1-3H3. The van der Waals surface area contributed by atoms with Gasteiger partial charge in [-0.25, -0.2) is 0 Å². The number of ether oxygens (including phenoxy) is 3. The third kappa shape index (κ3) is 3.57. The molecule has 1 atom stereocenters. The highest BCUT2D eigenvalue weighted by Crippen LogP contribution is 2.35. The number of hydrogen-bond acceptors (Lipinski definition) is 4. The van der Waals surface area contributed by atoms with E-state index in [2.05, 4.69) is 5.32 Å². The molecule has 1 N–H and O–H groups in total. The zero-order valence-electron chi connectivity index (χ0n) is 12.7. The lowest BCUT2D eigenvalue weighted by Crippen LogP contribution is -2.34. The molecule has 0 spiro atoms. The molecule has 1 saturated heterocycles. The van der Waals surface area contributed by atoms with Gasteiger partial charge >= 0.3 is 0 Å². The van der Waals surface area contributed by atoms with Crippen molar-refractivity contribution in [2.45, 2.75) is 38.1 Å². The van der Waals surface area contributed by atoms with Gasteiger partial charge in [0.05, 0.1) is 21.3 Å². The fourth-order valence-electron chi connectivity index (χ4n) is 2.79. The molecule has 1 unspecified atom stereocenters. The van der Waals surface area contributed by atoms with Gasteiger partial charge < -0.3 is 19.5 Å². The van der Waals surface area contributed by atoms with Gasteiger partial charge in [0.1, 0.15) is 5.75 Å². The first-order valence-corrected chi connectivity index (χ1v) is 7.30. The fourth-order valence-corrected chi connectivity index (χ4v) is 2.79. The number of hydrogen-bond donors (Lipinski definition) is 1. The minimum atomic E-state index is 0.626. The number of rotatable bonds is 6. The molecule has 4 heteroatoms. The summed E-state index contributed by atoms with van der Waals surface area (Å²) in [6.45, 7) is 1.15. The second kappa shape index (κ2) is 7.39. The summed E-state index contributed by atoms with van der Waals surface area (Å²) in [4.78, 5) is 0. The van der Waals surface area contributed by atoms with Crippen LogP contribution in [0.5, 0.6) is 17.2 Å². The highest BCUT2D eigenvalue weighted by molar-refractivity contribution is 5.50. The van der Waals surface area contributed by atoms with Crippen LogP contribution in [0.1, 0.15) is 31.2 Å². The highest BCUT2D eigenvalue weighted by atomic mass is 16.5. The van der Waals surface area contributed by atoms with Gasteiger partial charge in [-0.2, -0.15) is 0 Å². The fraction of sp³-hybridized carbons (Fsp3) is 0.625. The van der Waals surface area contributed by atoms with Crippen molar-refractivity contribution in [1.82, 2.24) is 5.32 Å². The Labute approximate surface area is 121 Å². The van der Waals surface area contributed by atoms with Crippen LogP contribution in [0, 0.1) is 0 Å². The van der Waals surface area contributed by atoms with Gasteiger partial charge in [0.15, 0.2) is 11.5 Å². The molecule has 0 amide bonds. The average Bonchev–Trinajstić information content (AvgIpc) is 2.52. The van der Waals surface area contributed by atoms with Crippen LogP contribution in [-0.4, -0.2) is 33.9 Å². The molecule has 112 valence electrons. The SMILES string of the molecule is COc1cc(OC)c(OC)cc1CCC1CCCCN1. The maximum Gasteiger partial charge on any atom is 0.164 e. The van der Waals surface area contributed by atoms with Crippen LogP contribution >= 0.6 is 0 Å². The quantitative estimate of drug-likeness (QED) is 0.869. The monoisotopic (exact) mass is 279 g/mol. The van der Waals surface area contributed by atoms with Crippen molar-refractivity contribution >= 4 is 0 Å². The van der Waals surface area contributed by atoms with Crippen molar-refractivity contribution in [3.05, 3.63) is 17.7 Å². The van der Waals surface area contributed by atoms with E-state index in [9.17, 15) is 0 Å². The van der Waals surface area contributed by atoms with Crippen LogP contribution in [0.4, 0.5) is 0 Å². The molecule has 0 radical (unpaired) electrons. The summed E-state index contributed by atoms with van der Waals surface area (Å²) in [5, 5.41) is 3.58. The molecule has 20 heavy (non-hydrogen) atoms. The van der Waals surface area contributed by atoms with E-state index in [1.54, 1.807) is 21.3 Å². The Morgan fingerprint density at radius 3 is 2.30 bits per heavy atom. The molecule has 1 aliphatic heterocycles. The van der Waals surface area contributed by atoms with E-state index < -0.39 is 0 Å². The van der Waals surface area contributed by atoms with Crippen molar-refractivity contribution in [3.8, 4) is 17.2 Å².